The lowest BCUT2D eigenvalue weighted by Gasteiger charge is -1.96. The predicted octanol–water partition coefficient (Wildman–Crippen LogP) is 1.14. The fourth-order valence-electron chi connectivity index (χ4n) is 0.995. The van der Waals surface area contributed by atoms with E-state index < -0.39 is 0 Å². The number of nitrogens with zero attached hydrogens (tertiary/aromatic N) is 4. The van der Waals surface area contributed by atoms with E-state index in [0.717, 1.165) is 0 Å². The fourth-order valence-corrected chi connectivity index (χ4v) is 0.995. The number of hydrogen-bond acceptors (Lipinski definition) is 3. The van der Waals surface area contributed by atoms with E-state index in [-0.39, 0.29) is 0 Å². The molecule has 2 aromatic heterocycles. The number of rotatable bonds is 1. The Bertz CT molecular complexity index is 438. The molecule has 0 amide bonds. The van der Waals surface area contributed by atoms with Gasteiger partial charge in [-0.1, -0.05) is 6.07 Å². The Kier molecular flexibility index (Phi) is 1.77. The van der Waals surface area contributed by atoms with Gasteiger partial charge in [-0.05, 0) is 12.1 Å². The first kappa shape index (κ1) is 7.50. The minimum absolute atomic E-state index is 0.533. The molecule has 0 spiro atoms. The monoisotopic (exact) mass is 170 g/mol. The predicted molar refractivity (Wildman–Crippen MR) is 46.1 cm³/mol. The Hall–Kier alpha value is -2.15. The first-order chi connectivity index (χ1) is 6.40. The van der Waals surface area contributed by atoms with E-state index in [0.29, 0.717) is 11.4 Å². The molecule has 4 heteroatoms. The molecule has 0 saturated carbocycles. The van der Waals surface area contributed by atoms with Gasteiger partial charge in [-0.2, -0.15) is 10.4 Å². The molecular weight excluding hydrogens is 164 g/mol. The third-order valence-corrected chi connectivity index (χ3v) is 1.60. The molecule has 0 aromatic carbocycles. The Balaban J connectivity index is 2.43. The summed E-state index contributed by atoms with van der Waals surface area (Å²) in [5, 5.41) is 12.6. The van der Waals surface area contributed by atoms with Crippen LogP contribution in [0.2, 0.25) is 0 Å². The second-order valence-corrected chi connectivity index (χ2v) is 2.47. The molecule has 2 aromatic rings. The summed E-state index contributed by atoms with van der Waals surface area (Å²) in [7, 11) is 0. The largest absolute Gasteiger partial charge is 0.237 e. The van der Waals surface area contributed by atoms with E-state index in [4.69, 9.17) is 5.26 Å². The van der Waals surface area contributed by atoms with Crippen LogP contribution in [0, 0.1) is 11.3 Å². The van der Waals surface area contributed by atoms with Gasteiger partial charge in [0.2, 0.25) is 0 Å². The van der Waals surface area contributed by atoms with Crippen molar-refractivity contribution >= 4 is 0 Å². The van der Waals surface area contributed by atoms with E-state index in [2.05, 4.69) is 10.1 Å². The van der Waals surface area contributed by atoms with Gasteiger partial charge in [0.05, 0.1) is 18.0 Å². The lowest BCUT2D eigenvalue weighted by atomic mass is 10.4. The highest BCUT2D eigenvalue weighted by Crippen LogP contribution is 2.02. The Morgan fingerprint density at radius 2 is 2.31 bits per heavy atom. The highest BCUT2D eigenvalue weighted by molar-refractivity contribution is 5.27. The van der Waals surface area contributed by atoms with Gasteiger partial charge in [-0.25, -0.2) is 9.67 Å². The minimum Gasteiger partial charge on any atom is -0.237 e. The van der Waals surface area contributed by atoms with E-state index in [1.54, 1.807) is 17.1 Å². The van der Waals surface area contributed by atoms with Crippen LogP contribution in [-0.4, -0.2) is 14.8 Å². The number of hydrogen-bond donors (Lipinski definition) is 0. The Morgan fingerprint density at radius 3 is 2.92 bits per heavy atom. The highest BCUT2D eigenvalue weighted by Gasteiger charge is 1.98. The van der Waals surface area contributed by atoms with Crippen LogP contribution < -0.4 is 0 Å². The van der Waals surface area contributed by atoms with Gasteiger partial charge in [0.15, 0.2) is 5.82 Å². The van der Waals surface area contributed by atoms with E-state index in [9.17, 15) is 0 Å². The molecule has 0 N–H and O–H groups in total. The maximum atomic E-state index is 8.57. The van der Waals surface area contributed by atoms with Crippen LogP contribution in [0.25, 0.3) is 5.82 Å². The van der Waals surface area contributed by atoms with Crippen LogP contribution in [0.4, 0.5) is 0 Å². The van der Waals surface area contributed by atoms with Crippen molar-refractivity contribution in [3.8, 4) is 11.9 Å². The quantitative estimate of drug-likeness (QED) is 0.644. The van der Waals surface area contributed by atoms with Gasteiger partial charge in [-0.15, -0.1) is 0 Å². The first-order valence-corrected chi connectivity index (χ1v) is 3.76. The van der Waals surface area contributed by atoms with Crippen LogP contribution in [0.3, 0.4) is 0 Å². The van der Waals surface area contributed by atoms with E-state index in [1.165, 1.54) is 6.20 Å². The third-order valence-electron chi connectivity index (χ3n) is 1.60. The molecule has 62 valence electrons. The van der Waals surface area contributed by atoms with Gasteiger partial charge in [0.25, 0.3) is 0 Å². The summed E-state index contributed by atoms with van der Waals surface area (Å²) in [5.74, 6) is 0.712. The third kappa shape index (κ3) is 1.40. The van der Waals surface area contributed by atoms with E-state index >= 15 is 0 Å². The molecular formula is C9H6N4. The molecule has 0 aliphatic rings. The topological polar surface area (TPSA) is 54.5 Å². The van der Waals surface area contributed by atoms with Crippen molar-refractivity contribution in [2.24, 2.45) is 0 Å². The summed E-state index contributed by atoms with van der Waals surface area (Å²) in [6, 6.07) is 7.54. The standard InChI is InChI=1S/C9H6N4/c10-5-8-6-12-13(7-8)9-3-1-2-4-11-9/h1-4,6-7H. The molecule has 2 heterocycles. The molecule has 0 saturated heterocycles. The maximum Gasteiger partial charge on any atom is 0.153 e. The second-order valence-electron chi connectivity index (χ2n) is 2.47. The van der Waals surface area contributed by atoms with Gasteiger partial charge in [0, 0.05) is 6.20 Å². The molecule has 0 radical (unpaired) electrons. The summed E-state index contributed by atoms with van der Waals surface area (Å²) >= 11 is 0. The smallest absolute Gasteiger partial charge is 0.153 e. The van der Waals surface area contributed by atoms with Crippen LogP contribution in [0.15, 0.2) is 36.8 Å². The fraction of sp³-hybridized carbons (Fsp3) is 0. The van der Waals surface area contributed by atoms with Crippen molar-refractivity contribution in [3.63, 3.8) is 0 Å². The van der Waals surface area contributed by atoms with Crippen molar-refractivity contribution < 1.29 is 0 Å². The molecule has 13 heavy (non-hydrogen) atoms. The summed E-state index contributed by atoms with van der Waals surface area (Å²) < 4.78 is 1.57. The van der Waals surface area contributed by atoms with Gasteiger partial charge < -0.3 is 0 Å². The van der Waals surface area contributed by atoms with Crippen molar-refractivity contribution in [1.82, 2.24) is 14.8 Å². The molecule has 0 fully saturated rings. The lowest BCUT2D eigenvalue weighted by molar-refractivity contribution is 0.847. The zero-order valence-electron chi connectivity index (χ0n) is 6.75. The summed E-state index contributed by atoms with van der Waals surface area (Å²) in [4.78, 5) is 4.09. The molecule has 0 bridgehead atoms. The number of pyridine rings is 1. The van der Waals surface area contributed by atoms with Crippen LogP contribution in [-0.2, 0) is 0 Å². The summed E-state index contributed by atoms with van der Waals surface area (Å²) in [5.41, 5.74) is 0.533. The van der Waals surface area contributed by atoms with Gasteiger partial charge >= 0.3 is 0 Å². The average molecular weight is 170 g/mol. The van der Waals surface area contributed by atoms with Crippen LogP contribution in [0.1, 0.15) is 5.56 Å². The van der Waals surface area contributed by atoms with Crippen LogP contribution >= 0.6 is 0 Å². The van der Waals surface area contributed by atoms with Gasteiger partial charge in [-0.3, -0.25) is 0 Å². The maximum absolute atomic E-state index is 8.57. The summed E-state index contributed by atoms with van der Waals surface area (Å²) in [6.45, 7) is 0. The number of nitriles is 1. The molecule has 0 aliphatic carbocycles. The lowest BCUT2D eigenvalue weighted by Crippen LogP contribution is -1.95. The molecule has 0 aliphatic heterocycles. The Morgan fingerprint density at radius 1 is 1.38 bits per heavy atom. The van der Waals surface area contributed by atoms with Crippen molar-refractivity contribution in [2.75, 3.05) is 0 Å². The molecule has 0 unspecified atom stereocenters. The summed E-state index contributed by atoms with van der Waals surface area (Å²) in [6.07, 6.45) is 4.83. The normalized spacial score (nSPS) is 9.46. The van der Waals surface area contributed by atoms with Crippen molar-refractivity contribution in [3.05, 3.63) is 42.4 Å². The molecule has 2 rings (SSSR count). The number of aromatic nitrogens is 3. The van der Waals surface area contributed by atoms with Crippen LogP contribution in [0.5, 0.6) is 0 Å². The van der Waals surface area contributed by atoms with Gasteiger partial charge in [0.1, 0.15) is 6.07 Å². The minimum atomic E-state index is 0.533. The second kappa shape index (κ2) is 3.07. The zero-order chi connectivity index (χ0) is 9.10. The zero-order valence-corrected chi connectivity index (χ0v) is 6.75. The first-order valence-electron chi connectivity index (χ1n) is 3.76. The van der Waals surface area contributed by atoms with Crippen molar-refractivity contribution in [2.45, 2.75) is 0 Å². The Labute approximate surface area is 75.1 Å². The van der Waals surface area contributed by atoms with Crippen molar-refractivity contribution in [1.29, 1.82) is 5.26 Å². The van der Waals surface area contributed by atoms with E-state index in [1.807, 2.05) is 24.3 Å². The molecule has 4 nitrogen and oxygen atoms in total. The average Bonchev–Trinajstić information content (AvgIpc) is 2.67. The SMILES string of the molecule is N#Cc1cnn(-c2ccccn2)c1. The highest BCUT2D eigenvalue weighted by atomic mass is 15.3. The molecule has 0 atom stereocenters.